The van der Waals surface area contributed by atoms with Crippen molar-refractivity contribution in [2.75, 3.05) is 6.54 Å². The van der Waals surface area contributed by atoms with Crippen LogP contribution < -0.4 is 5.32 Å². The van der Waals surface area contributed by atoms with E-state index in [2.05, 4.69) is 21.2 Å². The van der Waals surface area contributed by atoms with Gasteiger partial charge in [-0.25, -0.2) is 0 Å². The Bertz CT molecular complexity index is 572. The molecule has 0 fully saturated rings. The zero-order valence-electron chi connectivity index (χ0n) is 10.9. The number of benzene rings is 2. The minimum Gasteiger partial charge on any atom is -0.481 e. The fourth-order valence-electron chi connectivity index (χ4n) is 2.03. The average molecular weight is 334 g/mol. The number of halogens is 1. The number of carboxylic acids is 1. The van der Waals surface area contributed by atoms with Crippen molar-refractivity contribution in [3.8, 4) is 0 Å². The Kier molecular flexibility index (Phi) is 5.32. The maximum Gasteiger partial charge on any atom is 0.312 e. The maximum absolute atomic E-state index is 11.4. The van der Waals surface area contributed by atoms with Crippen LogP contribution in [0.4, 0.5) is 0 Å². The number of aliphatic carboxylic acids is 1. The number of carbonyl (C=O) groups is 1. The summed E-state index contributed by atoms with van der Waals surface area (Å²) in [6.07, 6.45) is 0. The monoisotopic (exact) mass is 333 g/mol. The standard InChI is InChI=1S/C16H16BrNO2/c17-15-9-5-4-8-13(15)10-18-11-14(16(19)20)12-6-2-1-3-7-12/h1-9,14,18H,10-11H2,(H,19,20). The summed E-state index contributed by atoms with van der Waals surface area (Å²) < 4.78 is 1.03. The number of carboxylic acid groups (broad SMARTS) is 1. The van der Waals surface area contributed by atoms with Crippen molar-refractivity contribution in [2.24, 2.45) is 0 Å². The number of hydrogen-bond donors (Lipinski definition) is 2. The zero-order valence-corrected chi connectivity index (χ0v) is 12.5. The lowest BCUT2D eigenvalue weighted by molar-refractivity contribution is -0.138. The van der Waals surface area contributed by atoms with Crippen LogP contribution in [0.15, 0.2) is 59.1 Å². The van der Waals surface area contributed by atoms with E-state index in [1.807, 2.05) is 54.6 Å². The van der Waals surface area contributed by atoms with E-state index in [0.29, 0.717) is 13.1 Å². The van der Waals surface area contributed by atoms with Crippen LogP contribution in [0, 0.1) is 0 Å². The number of rotatable bonds is 6. The summed E-state index contributed by atoms with van der Waals surface area (Å²) in [5, 5.41) is 12.5. The van der Waals surface area contributed by atoms with Gasteiger partial charge in [-0.3, -0.25) is 4.79 Å². The Hall–Kier alpha value is -1.65. The van der Waals surface area contributed by atoms with Crippen molar-refractivity contribution in [3.63, 3.8) is 0 Å². The third-order valence-corrected chi connectivity index (χ3v) is 3.90. The molecule has 2 aromatic rings. The van der Waals surface area contributed by atoms with E-state index < -0.39 is 11.9 Å². The van der Waals surface area contributed by atoms with Gasteiger partial charge in [-0.1, -0.05) is 64.5 Å². The molecule has 0 aliphatic rings. The Morgan fingerprint density at radius 2 is 1.75 bits per heavy atom. The van der Waals surface area contributed by atoms with Gasteiger partial charge < -0.3 is 10.4 Å². The molecule has 1 atom stereocenters. The molecular weight excluding hydrogens is 318 g/mol. The van der Waals surface area contributed by atoms with Crippen LogP contribution in [0.3, 0.4) is 0 Å². The van der Waals surface area contributed by atoms with Crippen molar-refractivity contribution in [1.29, 1.82) is 0 Å². The molecule has 0 radical (unpaired) electrons. The molecule has 0 heterocycles. The first-order chi connectivity index (χ1) is 9.68. The molecular formula is C16H16BrNO2. The Balaban J connectivity index is 1.97. The number of hydrogen-bond acceptors (Lipinski definition) is 2. The molecule has 0 saturated carbocycles. The van der Waals surface area contributed by atoms with Gasteiger partial charge in [-0.05, 0) is 17.2 Å². The smallest absolute Gasteiger partial charge is 0.312 e. The predicted molar refractivity (Wildman–Crippen MR) is 82.7 cm³/mol. The van der Waals surface area contributed by atoms with E-state index in [9.17, 15) is 9.90 Å². The van der Waals surface area contributed by atoms with E-state index in [-0.39, 0.29) is 0 Å². The van der Waals surface area contributed by atoms with Crippen LogP contribution in [0.25, 0.3) is 0 Å². The van der Waals surface area contributed by atoms with E-state index in [1.54, 1.807) is 0 Å². The highest BCUT2D eigenvalue weighted by molar-refractivity contribution is 9.10. The molecule has 20 heavy (non-hydrogen) atoms. The number of nitrogens with one attached hydrogen (secondary N) is 1. The van der Waals surface area contributed by atoms with Crippen molar-refractivity contribution < 1.29 is 9.90 Å². The predicted octanol–water partition coefficient (Wildman–Crippen LogP) is 3.41. The molecule has 0 aliphatic carbocycles. The molecule has 2 N–H and O–H groups in total. The van der Waals surface area contributed by atoms with Gasteiger partial charge in [0.1, 0.15) is 0 Å². The molecule has 4 heteroatoms. The third kappa shape index (κ3) is 3.92. The highest BCUT2D eigenvalue weighted by Gasteiger charge is 2.18. The highest BCUT2D eigenvalue weighted by Crippen LogP contribution is 2.17. The summed E-state index contributed by atoms with van der Waals surface area (Å²) in [6, 6.07) is 17.2. The third-order valence-electron chi connectivity index (χ3n) is 3.12. The van der Waals surface area contributed by atoms with Gasteiger partial charge in [0.15, 0.2) is 0 Å². The summed E-state index contributed by atoms with van der Waals surface area (Å²) in [5.41, 5.74) is 1.93. The van der Waals surface area contributed by atoms with Crippen molar-refractivity contribution in [2.45, 2.75) is 12.5 Å². The Morgan fingerprint density at radius 1 is 1.10 bits per heavy atom. The molecule has 0 spiro atoms. The second kappa shape index (κ2) is 7.22. The van der Waals surface area contributed by atoms with Gasteiger partial charge in [-0.2, -0.15) is 0 Å². The molecule has 2 rings (SSSR count). The lowest BCUT2D eigenvalue weighted by Gasteiger charge is -2.14. The molecule has 0 bridgehead atoms. The first-order valence-corrected chi connectivity index (χ1v) is 7.19. The van der Waals surface area contributed by atoms with Crippen LogP contribution in [-0.4, -0.2) is 17.6 Å². The van der Waals surface area contributed by atoms with E-state index >= 15 is 0 Å². The van der Waals surface area contributed by atoms with Gasteiger partial charge in [0.2, 0.25) is 0 Å². The molecule has 0 amide bonds. The van der Waals surface area contributed by atoms with E-state index in [0.717, 1.165) is 15.6 Å². The normalized spacial score (nSPS) is 12.1. The van der Waals surface area contributed by atoms with Gasteiger partial charge in [0.25, 0.3) is 0 Å². The summed E-state index contributed by atoms with van der Waals surface area (Å²) >= 11 is 3.48. The molecule has 0 saturated heterocycles. The SMILES string of the molecule is O=C(O)C(CNCc1ccccc1Br)c1ccccc1. The summed E-state index contributed by atoms with van der Waals surface area (Å²) in [6.45, 7) is 1.04. The molecule has 104 valence electrons. The first-order valence-electron chi connectivity index (χ1n) is 6.40. The van der Waals surface area contributed by atoms with Gasteiger partial charge in [-0.15, -0.1) is 0 Å². The zero-order chi connectivity index (χ0) is 14.4. The van der Waals surface area contributed by atoms with E-state index in [1.165, 1.54) is 0 Å². The summed E-state index contributed by atoms with van der Waals surface area (Å²) in [7, 11) is 0. The van der Waals surface area contributed by atoms with Crippen LogP contribution in [0.2, 0.25) is 0 Å². The molecule has 0 aromatic heterocycles. The van der Waals surface area contributed by atoms with Gasteiger partial charge in [0.05, 0.1) is 5.92 Å². The topological polar surface area (TPSA) is 49.3 Å². The lowest BCUT2D eigenvalue weighted by atomic mass is 9.99. The van der Waals surface area contributed by atoms with E-state index in [4.69, 9.17) is 0 Å². The molecule has 2 aromatic carbocycles. The largest absolute Gasteiger partial charge is 0.481 e. The van der Waals surface area contributed by atoms with Crippen LogP contribution in [0.1, 0.15) is 17.0 Å². The van der Waals surface area contributed by atoms with Gasteiger partial charge in [0, 0.05) is 17.6 Å². The summed E-state index contributed by atoms with van der Waals surface area (Å²) in [5.74, 6) is -1.34. The Labute approximate surface area is 126 Å². The van der Waals surface area contributed by atoms with Gasteiger partial charge >= 0.3 is 5.97 Å². The quantitative estimate of drug-likeness (QED) is 0.851. The molecule has 0 aliphatic heterocycles. The second-order valence-electron chi connectivity index (χ2n) is 4.52. The maximum atomic E-state index is 11.4. The van der Waals surface area contributed by atoms with Crippen molar-refractivity contribution >= 4 is 21.9 Å². The van der Waals surface area contributed by atoms with Crippen LogP contribution >= 0.6 is 15.9 Å². The van der Waals surface area contributed by atoms with Crippen LogP contribution in [-0.2, 0) is 11.3 Å². The molecule has 3 nitrogen and oxygen atoms in total. The molecule has 1 unspecified atom stereocenters. The first kappa shape index (κ1) is 14.8. The second-order valence-corrected chi connectivity index (χ2v) is 5.38. The average Bonchev–Trinajstić information content (AvgIpc) is 2.46. The van der Waals surface area contributed by atoms with Crippen LogP contribution in [0.5, 0.6) is 0 Å². The minimum atomic E-state index is -0.809. The Morgan fingerprint density at radius 3 is 2.40 bits per heavy atom. The highest BCUT2D eigenvalue weighted by atomic mass is 79.9. The lowest BCUT2D eigenvalue weighted by Crippen LogP contribution is -2.26. The fraction of sp³-hybridized carbons (Fsp3) is 0.188. The summed E-state index contributed by atoms with van der Waals surface area (Å²) in [4.78, 5) is 11.4. The fourth-order valence-corrected chi connectivity index (χ4v) is 2.45. The van der Waals surface area contributed by atoms with Crippen molar-refractivity contribution in [1.82, 2.24) is 5.32 Å². The van der Waals surface area contributed by atoms with Crippen molar-refractivity contribution in [3.05, 3.63) is 70.2 Å². The minimum absolute atomic E-state index is 0.403.